The zero-order valence-electron chi connectivity index (χ0n) is 9.68. The second-order valence-corrected chi connectivity index (χ2v) is 5.31. The minimum absolute atomic E-state index is 0.308. The van der Waals surface area contributed by atoms with Gasteiger partial charge >= 0.3 is 5.97 Å². The zero-order valence-corrected chi connectivity index (χ0v) is 11.3. The molecule has 6 heteroatoms. The molecule has 0 fully saturated rings. The summed E-state index contributed by atoms with van der Waals surface area (Å²) in [5.41, 5.74) is 1.21. The number of aromatic carboxylic acids is 1. The number of carbonyl (C=O) groups is 1. The molecule has 96 valence electrons. The lowest BCUT2D eigenvalue weighted by Crippen LogP contribution is -1.98. The molecule has 0 bridgehead atoms. The fraction of sp³-hybridized carbons (Fsp3) is 0.0769. The number of halogens is 1. The van der Waals surface area contributed by atoms with Gasteiger partial charge < -0.3 is 10.4 Å². The van der Waals surface area contributed by atoms with Crippen molar-refractivity contribution in [2.75, 3.05) is 5.32 Å². The smallest absolute Gasteiger partial charge is 0.345 e. The molecule has 0 aliphatic rings. The van der Waals surface area contributed by atoms with Gasteiger partial charge in [-0.05, 0) is 30.3 Å². The van der Waals surface area contributed by atoms with E-state index in [4.69, 9.17) is 22.0 Å². The van der Waals surface area contributed by atoms with Crippen LogP contribution in [0.2, 0.25) is 5.02 Å². The van der Waals surface area contributed by atoms with Crippen molar-refractivity contribution < 1.29 is 9.90 Å². The van der Waals surface area contributed by atoms with E-state index in [2.05, 4.69) is 5.32 Å². The number of nitrogens with one attached hydrogen (secondary N) is 1. The highest BCUT2D eigenvalue weighted by molar-refractivity contribution is 7.13. The maximum absolute atomic E-state index is 10.8. The molecule has 2 rings (SSSR count). The Bertz CT molecular complexity index is 661. The first-order chi connectivity index (χ1) is 9.10. The first kappa shape index (κ1) is 13.4. The average molecular weight is 293 g/mol. The highest BCUT2D eigenvalue weighted by Gasteiger charge is 2.07. The number of thiophene rings is 1. The summed E-state index contributed by atoms with van der Waals surface area (Å²) in [6, 6.07) is 10.3. The molecule has 2 N–H and O–H groups in total. The van der Waals surface area contributed by atoms with Crippen molar-refractivity contribution in [2.24, 2.45) is 0 Å². The van der Waals surface area contributed by atoms with Gasteiger partial charge in [0, 0.05) is 11.4 Å². The number of rotatable bonds is 4. The van der Waals surface area contributed by atoms with Crippen LogP contribution in [0.1, 0.15) is 20.1 Å². The third kappa shape index (κ3) is 3.25. The average Bonchev–Trinajstić information content (AvgIpc) is 2.86. The third-order valence-electron chi connectivity index (χ3n) is 2.42. The molecule has 0 unspecified atom stereocenters. The molecule has 0 aliphatic heterocycles. The van der Waals surface area contributed by atoms with Crippen LogP contribution >= 0.6 is 22.9 Å². The molecule has 0 radical (unpaired) electrons. The molecule has 0 saturated heterocycles. The molecule has 19 heavy (non-hydrogen) atoms. The standard InChI is InChI=1S/C13H9ClN2O2S/c14-10-5-8(6-15)1-3-11(10)16-7-9-2-4-12(19-9)13(17)18/h1-5,16H,7H2,(H,17,18). The number of nitrogens with zero attached hydrogens (tertiary/aromatic N) is 1. The summed E-state index contributed by atoms with van der Waals surface area (Å²) >= 11 is 7.24. The van der Waals surface area contributed by atoms with Crippen LogP contribution in [0.4, 0.5) is 5.69 Å². The number of hydrogen-bond donors (Lipinski definition) is 2. The van der Waals surface area contributed by atoms with Gasteiger partial charge in [0.05, 0.1) is 22.3 Å². The van der Waals surface area contributed by atoms with Gasteiger partial charge in [-0.15, -0.1) is 11.3 Å². The van der Waals surface area contributed by atoms with Crippen LogP contribution in [0.15, 0.2) is 30.3 Å². The molecular weight excluding hydrogens is 284 g/mol. The summed E-state index contributed by atoms with van der Waals surface area (Å²) in [4.78, 5) is 12.0. The minimum Gasteiger partial charge on any atom is -0.477 e. The van der Waals surface area contributed by atoms with Crippen molar-refractivity contribution in [3.05, 3.63) is 50.7 Å². The summed E-state index contributed by atoms with van der Waals surface area (Å²) in [5.74, 6) is -0.923. The van der Waals surface area contributed by atoms with E-state index < -0.39 is 5.97 Å². The summed E-state index contributed by atoms with van der Waals surface area (Å²) in [5, 5.41) is 21.1. The molecule has 0 saturated carbocycles. The molecule has 0 spiro atoms. The van der Waals surface area contributed by atoms with E-state index >= 15 is 0 Å². The molecule has 1 heterocycles. The number of anilines is 1. The lowest BCUT2D eigenvalue weighted by Gasteiger charge is -2.07. The monoisotopic (exact) mass is 292 g/mol. The number of carboxylic acid groups (broad SMARTS) is 1. The summed E-state index contributed by atoms with van der Waals surface area (Å²) in [7, 11) is 0. The van der Waals surface area contributed by atoms with Crippen LogP contribution < -0.4 is 5.32 Å². The lowest BCUT2D eigenvalue weighted by molar-refractivity contribution is 0.0702. The van der Waals surface area contributed by atoms with Crippen LogP contribution in [-0.2, 0) is 6.54 Å². The molecular formula is C13H9ClN2O2S. The van der Waals surface area contributed by atoms with Crippen molar-refractivity contribution >= 4 is 34.6 Å². The van der Waals surface area contributed by atoms with Crippen LogP contribution in [0.3, 0.4) is 0 Å². The number of nitriles is 1. The van der Waals surface area contributed by atoms with Gasteiger partial charge in [0.2, 0.25) is 0 Å². The summed E-state index contributed by atoms with van der Waals surface area (Å²) in [6.07, 6.45) is 0. The van der Waals surface area contributed by atoms with Crippen LogP contribution in [0.25, 0.3) is 0 Å². The van der Waals surface area contributed by atoms with Gasteiger partial charge in [0.25, 0.3) is 0 Å². The highest BCUT2D eigenvalue weighted by Crippen LogP contribution is 2.24. The second-order valence-electron chi connectivity index (χ2n) is 3.73. The van der Waals surface area contributed by atoms with Crippen molar-refractivity contribution in [2.45, 2.75) is 6.54 Å². The van der Waals surface area contributed by atoms with Crippen LogP contribution in [0.5, 0.6) is 0 Å². The van der Waals surface area contributed by atoms with Crippen LogP contribution in [0, 0.1) is 11.3 Å². The SMILES string of the molecule is N#Cc1ccc(NCc2ccc(C(=O)O)s2)c(Cl)c1. The quantitative estimate of drug-likeness (QED) is 0.903. The maximum Gasteiger partial charge on any atom is 0.345 e. The Labute approximate surface area is 118 Å². The predicted octanol–water partition coefficient (Wildman–Crippen LogP) is 3.58. The van der Waals surface area contributed by atoms with E-state index in [0.29, 0.717) is 27.7 Å². The first-order valence-electron chi connectivity index (χ1n) is 5.35. The molecule has 4 nitrogen and oxygen atoms in total. The van der Waals surface area contributed by atoms with E-state index in [1.165, 1.54) is 11.3 Å². The number of benzene rings is 1. The number of carboxylic acids is 1. The van der Waals surface area contributed by atoms with E-state index in [1.54, 1.807) is 30.3 Å². The lowest BCUT2D eigenvalue weighted by atomic mass is 10.2. The molecule has 0 amide bonds. The summed E-state index contributed by atoms with van der Waals surface area (Å²) < 4.78 is 0. The van der Waals surface area contributed by atoms with Crippen LogP contribution in [-0.4, -0.2) is 11.1 Å². The Morgan fingerprint density at radius 2 is 2.21 bits per heavy atom. The van der Waals surface area contributed by atoms with Gasteiger partial charge in [0.15, 0.2) is 0 Å². The Morgan fingerprint density at radius 3 is 2.79 bits per heavy atom. The molecule has 0 aliphatic carbocycles. The van der Waals surface area contributed by atoms with E-state index in [9.17, 15) is 4.79 Å². The van der Waals surface area contributed by atoms with Crippen molar-refractivity contribution in [1.82, 2.24) is 0 Å². The maximum atomic E-state index is 10.8. The first-order valence-corrected chi connectivity index (χ1v) is 6.55. The molecule has 1 aromatic carbocycles. The van der Waals surface area contributed by atoms with E-state index in [-0.39, 0.29) is 0 Å². The minimum atomic E-state index is -0.923. The highest BCUT2D eigenvalue weighted by atomic mass is 35.5. The fourth-order valence-electron chi connectivity index (χ4n) is 1.50. The van der Waals surface area contributed by atoms with Gasteiger partial charge in [-0.25, -0.2) is 4.79 Å². The van der Waals surface area contributed by atoms with Crippen molar-refractivity contribution in [3.63, 3.8) is 0 Å². The topological polar surface area (TPSA) is 73.1 Å². The Hall–Kier alpha value is -2.03. The Balaban J connectivity index is 2.06. The van der Waals surface area contributed by atoms with Crippen molar-refractivity contribution in [3.8, 4) is 6.07 Å². The van der Waals surface area contributed by atoms with Gasteiger partial charge in [-0.1, -0.05) is 11.6 Å². The normalized spacial score (nSPS) is 9.89. The number of hydrogen-bond acceptors (Lipinski definition) is 4. The van der Waals surface area contributed by atoms with Gasteiger partial charge in [-0.3, -0.25) is 0 Å². The Kier molecular flexibility index (Phi) is 4.05. The second kappa shape index (κ2) is 5.74. The Morgan fingerprint density at radius 1 is 1.42 bits per heavy atom. The zero-order chi connectivity index (χ0) is 13.8. The fourth-order valence-corrected chi connectivity index (χ4v) is 2.53. The molecule has 1 aromatic heterocycles. The van der Waals surface area contributed by atoms with E-state index in [0.717, 1.165) is 4.88 Å². The van der Waals surface area contributed by atoms with Gasteiger partial charge in [0.1, 0.15) is 4.88 Å². The largest absolute Gasteiger partial charge is 0.477 e. The van der Waals surface area contributed by atoms with E-state index in [1.807, 2.05) is 6.07 Å². The van der Waals surface area contributed by atoms with Gasteiger partial charge in [-0.2, -0.15) is 5.26 Å². The predicted molar refractivity (Wildman–Crippen MR) is 74.8 cm³/mol. The summed E-state index contributed by atoms with van der Waals surface area (Å²) in [6.45, 7) is 0.490. The van der Waals surface area contributed by atoms with Crippen molar-refractivity contribution in [1.29, 1.82) is 5.26 Å². The third-order valence-corrected chi connectivity index (χ3v) is 3.81. The molecule has 0 atom stereocenters. The molecule has 2 aromatic rings.